The molecule has 3 fully saturated rings. The summed E-state index contributed by atoms with van der Waals surface area (Å²) in [5.41, 5.74) is 0.910. The fourth-order valence-electron chi connectivity index (χ4n) is 5.58. The molecular formula is C24H31FN4O2. The molecule has 2 aliphatic heterocycles. The molecule has 1 saturated carbocycles. The van der Waals surface area contributed by atoms with Crippen molar-refractivity contribution >= 4 is 5.82 Å². The van der Waals surface area contributed by atoms with Crippen molar-refractivity contribution in [2.45, 2.75) is 31.7 Å². The highest BCUT2D eigenvalue weighted by Crippen LogP contribution is 2.40. The fourth-order valence-corrected chi connectivity index (χ4v) is 5.58. The van der Waals surface area contributed by atoms with Crippen LogP contribution in [-0.4, -0.2) is 61.1 Å². The number of aromatic nitrogens is 2. The summed E-state index contributed by atoms with van der Waals surface area (Å²) >= 11 is 0. The van der Waals surface area contributed by atoms with Gasteiger partial charge < -0.3 is 19.7 Å². The lowest BCUT2D eigenvalue weighted by Crippen LogP contribution is -2.32. The number of methoxy groups -OCH3 is 1. The first-order valence-electron chi connectivity index (χ1n) is 11.4. The largest absolute Gasteiger partial charge is 0.493 e. The zero-order valence-corrected chi connectivity index (χ0v) is 18.1. The first-order chi connectivity index (χ1) is 15.2. The minimum Gasteiger partial charge on any atom is -0.493 e. The zero-order valence-electron chi connectivity index (χ0n) is 18.1. The van der Waals surface area contributed by atoms with Crippen LogP contribution >= 0.6 is 0 Å². The number of likely N-dealkylation sites (tertiary alicyclic amines) is 1. The van der Waals surface area contributed by atoms with Gasteiger partial charge in [-0.1, -0.05) is 12.1 Å². The predicted octanol–water partition coefficient (Wildman–Crippen LogP) is 3.84. The number of nitrogens with zero attached hydrogens (tertiary/aromatic N) is 3. The lowest BCUT2D eigenvalue weighted by atomic mass is 10.00. The molecule has 6 nitrogen and oxygen atoms in total. The number of rotatable bonds is 6. The third kappa shape index (κ3) is 4.53. The van der Waals surface area contributed by atoms with Gasteiger partial charge in [-0.15, -0.1) is 10.2 Å². The van der Waals surface area contributed by atoms with Crippen molar-refractivity contribution in [2.75, 3.05) is 45.3 Å². The molecule has 0 radical (unpaired) electrons. The van der Waals surface area contributed by atoms with E-state index in [0.29, 0.717) is 28.9 Å². The molecule has 3 aliphatic rings. The standard InChI is InChI=1S/C24H31FN4O2/c1-30-23-12-22(20-4-2-3-5-21(20)25)27-28-24(23)26-19-10-17-14-29(15-18(17)11-19)13-16-6-8-31-9-7-16/h2-5,12,16-19H,6-11,13-15H2,1H3,(H,26,28)/t17-,18+,19+. The minimum atomic E-state index is -0.312. The summed E-state index contributed by atoms with van der Waals surface area (Å²) < 4.78 is 25.2. The summed E-state index contributed by atoms with van der Waals surface area (Å²) in [4.78, 5) is 2.67. The minimum absolute atomic E-state index is 0.312. The van der Waals surface area contributed by atoms with E-state index >= 15 is 0 Å². The molecule has 2 saturated heterocycles. The highest BCUT2D eigenvalue weighted by Gasteiger charge is 2.41. The van der Waals surface area contributed by atoms with E-state index < -0.39 is 0 Å². The lowest BCUT2D eigenvalue weighted by molar-refractivity contribution is 0.0545. The smallest absolute Gasteiger partial charge is 0.191 e. The maximum Gasteiger partial charge on any atom is 0.191 e. The molecule has 2 aromatic rings. The van der Waals surface area contributed by atoms with Crippen LogP contribution in [0, 0.1) is 23.6 Å². The van der Waals surface area contributed by atoms with Crippen molar-refractivity contribution in [3.8, 4) is 17.0 Å². The van der Waals surface area contributed by atoms with Crippen LogP contribution in [0.4, 0.5) is 10.2 Å². The van der Waals surface area contributed by atoms with Crippen LogP contribution in [0.1, 0.15) is 25.7 Å². The molecule has 1 aromatic carbocycles. The molecule has 0 bridgehead atoms. The molecule has 1 aromatic heterocycles. The van der Waals surface area contributed by atoms with E-state index in [4.69, 9.17) is 9.47 Å². The Hall–Kier alpha value is -2.25. The Balaban J connectivity index is 1.19. The van der Waals surface area contributed by atoms with Crippen LogP contribution in [0.3, 0.4) is 0 Å². The number of fused-ring (bicyclic) bond motifs is 1. The molecule has 0 amide bonds. The van der Waals surface area contributed by atoms with Crippen LogP contribution in [-0.2, 0) is 4.74 Å². The molecule has 1 aliphatic carbocycles. The van der Waals surface area contributed by atoms with E-state index in [0.717, 1.165) is 43.8 Å². The summed E-state index contributed by atoms with van der Waals surface area (Å²) in [7, 11) is 1.62. The lowest BCUT2D eigenvalue weighted by Gasteiger charge is -2.27. The molecular weight excluding hydrogens is 395 g/mol. The second-order valence-corrected chi connectivity index (χ2v) is 9.23. The fraction of sp³-hybridized carbons (Fsp3) is 0.583. The van der Waals surface area contributed by atoms with Crippen molar-refractivity contribution in [3.05, 3.63) is 36.1 Å². The average Bonchev–Trinajstić information content (AvgIpc) is 3.33. The quantitative estimate of drug-likeness (QED) is 0.757. The predicted molar refractivity (Wildman–Crippen MR) is 118 cm³/mol. The van der Waals surface area contributed by atoms with Crippen molar-refractivity contribution in [1.29, 1.82) is 0 Å². The van der Waals surface area contributed by atoms with Crippen LogP contribution in [0.5, 0.6) is 5.75 Å². The Morgan fingerprint density at radius 3 is 2.58 bits per heavy atom. The Morgan fingerprint density at radius 1 is 1.13 bits per heavy atom. The van der Waals surface area contributed by atoms with Gasteiger partial charge in [0.2, 0.25) is 0 Å². The van der Waals surface area contributed by atoms with Gasteiger partial charge in [0.05, 0.1) is 12.8 Å². The van der Waals surface area contributed by atoms with Gasteiger partial charge in [0.25, 0.3) is 0 Å². The van der Waals surface area contributed by atoms with E-state index in [-0.39, 0.29) is 5.82 Å². The summed E-state index contributed by atoms with van der Waals surface area (Å²) in [5.74, 6) is 3.23. The van der Waals surface area contributed by atoms with Crippen LogP contribution < -0.4 is 10.1 Å². The van der Waals surface area contributed by atoms with Gasteiger partial charge in [0, 0.05) is 50.5 Å². The van der Waals surface area contributed by atoms with Gasteiger partial charge >= 0.3 is 0 Å². The van der Waals surface area contributed by atoms with Gasteiger partial charge in [-0.3, -0.25) is 0 Å². The van der Waals surface area contributed by atoms with Gasteiger partial charge in [-0.25, -0.2) is 4.39 Å². The molecule has 7 heteroatoms. The third-order valence-corrected chi connectivity index (χ3v) is 7.15. The number of anilines is 1. The first-order valence-corrected chi connectivity index (χ1v) is 11.4. The number of nitrogens with one attached hydrogen (secondary N) is 1. The summed E-state index contributed by atoms with van der Waals surface area (Å²) in [6, 6.07) is 8.73. The van der Waals surface area contributed by atoms with Crippen molar-refractivity contribution in [2.24, 2.45) is 17.8 Å². The van der Waals surface area contributed by atoms with E-state index in [2.05, 4.69) is 20.4 Å². The maximum absolute atomic E-state index is 14.1. The number of benzene rings is 1. The monoisotopic (exact) mass is 426 g/mol. The van der Waals surface area contributed by atoms with Crippen LogP contribution in [0.15, 0.2) is 30.3 Å². The molecule has 3 atom stereocenters. The highest BCUT2D eigenvalue weighted by atomic mass is 19.1. The third-order valence-electron chi connectivity index (χ3n) is 7.15. The van der Waals surface area contributed by atoms with E-state index in [1.54, 1.807) is 31.4 Å². The topological polar surface area (TPSA) is 59.5 Å². The van der Waals surface area contributed by atoms with Crippen molar-refractivity contribution in [1.82, 2.24) is 15.1 Å². The number of hydrogen-bond donors (Lipinski definition) is 1. The maximum atomic E-state index is 14.1. The highest BCUT2D eigenvalue weighted by molar-refractivity contribution is 5.64. The second kappa shape index (κ2) is 9.09. The SMILES string of the molecule is COc1cc(-c2ccccc2F)nnc1N[C@H]1C[C@@H]2CN(CC3CCOCC3)C[C@@H]2C1. The molecule has 166 valence electrons. The zero-order chi connectivity index (χ0) is 21.2. The Bertz CT molecular complexity index is 891. The molecule has 0 unspecified atom stereocenters. The number of ether oxygens (including phenoxy) is 2. The summed E-state index contributed by atoms with van der Waals surface area (Å²) in [6.07, 6.45) is 4.71. The Labute approximate surface area is 183 Å². The van der Waals surface area contributed by atoms with Gasteiger partial charge in [0.1, 0.15) is 5.82 Å². The number of halogens is 1. The van der Waals surface area contributed by atoms with Crippen molar-refractivity contribution in [3.63, 3.8) is 0 Å². The molecule has 1 N–H and O–H groups in total. The van der Waals surface area contributed by atoms with Gasteiger partial charge in [0.15, 0.2) is 11.6 Å². The average molecular weight is 427 g/mol. The number of hydrogen-bond acceptors (Lipinski definition) is 6. The van der Waals surface area contributed by atoms with Gasteiger partial charge in [-0.2, -0.15) is 0 Å². The molecule has 0 spiro atoms. The first kappa shape index (κ1) is 20.6. The molecule has 5 rings (SSSR count). The normalized spacial score (nSPS) is 26.7. The van der Waals surface area contributed by atoms with E-state index in [1.807, 2.05) is 0 Å². The summed E-state index contributed by atoms with van der Waals surface area (Å²) in [6.45, 7) is 5.49. The van der Waals surface area contributed by atoms with Crippen LogP contribution in [0.2, 0.25) is 0 Å². The molecule has 31 heavy (non-hydrogen) atoms. The van der Waals surface area contributed by atoms with E-state index in [1.165, 1.54) is 38.5 Å². The van der Waals surface area contributed by atoms with Crippen molar-refractivity contribution < 1.29 is 13.9 Å². The van der Waals surface area contributed by atoms with Gasteiger partial charge in [-0.05, 0) is 55.6 Å². The van der Waals surface area contributed by atoms with Crippen LogP contribution in [0.25, 0.3) is 11.3 Å². The Kier molecular flexibility index (Phi) is 6.05. The molecule has 3 heterocycles. The summed E-state index contributed by atoms with van der Waals surface area (Å²) in [5, 5.41) is 12.2. The Morgan fingerprint density at radius 2 is 1.87 bits per heavy atom. The van der Waals surface area contributed by atoms with E-state index in [9.17, 15) is 4.39 Å². The second-order valence-electron chi connectivity index (χ2n) is 9.23.